The van der Waals surface area contributed by atoms with Crippen molar-refractivity contribution in [1.29, 1.82) is 0 Å². The number of carbonyl (C=O) groups is 1. The maximum absolute atomic E-state index is 11.7. The molecule has 1 fully saturated rings. The third kappa shape index (κ3) is 3.38. The van der Waals surface area contributed by atoms with Crippen LogP contribution in [0, 0.1) is 5.92 Å². The first-order chi connectivity index (χ1) is 8.17. The molecule has 100 valence electrons. The Bertz CT molecular complexity index is 240. The molecule has 1 aliphatic rings. The predicted octanol–water partition coefficient (Wildman–Crippen LogP) is 0.546. The summed E-state index contributed by atoms with van der Waals surface area (Å²) in [5.41, 5.74) is 0. The molecular formula is C11H20O6. The van der Waals surface area contributed by atoms with Crippen LogP contribution >= 0.6 is 0 Å². The van der Waals surface area contributed by atoms with E-state index in [-0.39, 0.29) is 5.92 Å². The van der Waals surface area contributed by atoms with Crippen LogP contribution in [-0.4, -0.2) is 52.6 Å². The zero-order chi connectivity index (χ0) is 12.8. The van der Waals surface area contributed by atoms with Gasteiger partial charge in [-0.25, -0.2) is 4.79 Å². The van der Waals surface area contributed by atoms with Gasteiger partial charge in [-0.3, -0.25) is 0 Å². The average molecular weight is 248 g/mol. The zero-order valence-electron chi connectivity index (χ0n) is 10.7. The van der Waals surface area contributed by atoms with Crippen LogP contribution in [0.2, 0.25) is 0 Å². The highest BCUT2D eigenvalue weighted by Crippen LogP contribution is 2.32. The summed E-state index contributed by atoms with van der Waals surface area (Å²) >= 11 is 0. The highest BCUT2D eigenvalue weighted by atomic mass is 16.7. The summed E-state index contributed by atoms with van der Waals surface area (Å²) in [5, 5.41) is 0. The van der Waals surface area contributed by atoms with E-state index in [2.05, 4.69) is 0 Å². The molecule has 0 aromatic rings. The molecule has 0 aromatic heterocycles. The first-order valence-corrected chi connectivity index (χ1v) is 5.58. The lowest BCUT2D eigenvalue weighted by molar-refractivity contribution is -0.183. The molecule has 0 bridgehead atoms. The predicted molar refractivity (Wildman–Crippen MR) is 58.2 cm³/mol. The molecule has 0 N–H and O–H groups in total. The smallest absolute Gasteiger partial charge is 0.335 e. The van der Waals surface area contributed by atoms with Gasteiger partial charge >= 0.3 is 5.97 Å². The fourth-order valence-electron chi connectivity index (χ4n) is 1.97. The highest BCUT2D eigenvalue weighted by molar-refractivity contribution is 5.75. The summed E-state index contributed by atoms with van der Waals surface area (Å²) in [7, 11) is 4.58. The van der Waals surface area contributed by atoms with Crippen LogP contribution in [0.5, 0.6) is 0 Å². The monoisotopic (exact) mass is 248 g/mol. The Morgan fingerprint density at radius 3 is 2.47 bits per heavy atom. The maximum atomic E-state index is 11.7. The minimum absolute atomic E-state index is 0.228. The van der Waals surface area contributed by atoms with Crippen molar-refractivity contribution >= 4 is 5.97 Å². The normalized spacial score (nSPS) is 28.6. The lowest BCUT2D eigenvalue weighted by atomic mass is 10.0. The molecule has 0 aliphatic carbocycles. The van der Waals surface area contributed by atoms with E-state index in [1.54, 1.807) is 6.92 Å². The van der Waals surface area contributed by atoms with Gasteiger partial charge in [-0.05, 0) is 6.92 Å². The Morgan fingerprint density at radius 1 is 1.35 bits per heavy atom. The lowest BCUT2D eigenvalue weighted by Crippen LogP contribution is -2.37. The van der Waals surface area contributed by atoms with Crippen LogP contribution in [0.3, 0.4) is 0 Å². The lowest BCUT2D eigenvalue weighted by Gasteiger charge is -2.23. The molecule has 0 saturated carbocycles. The second kappa shape index (κ2) is 6.90. The average Bonchev–Trinajstić information content (AvgIpc) is 2.75. The van der Waals surface area contributed by atoms with E-state index in [9.17, 15) is 4.79 Å². The highest BCUT2D eigenvalue weighted by Gasteiger charge is 2.45. The van der Waals surface area contributed by atoms with Crippen molar-refractivity contribution in [3.05, 3.63) is 0 Å². The van der Waals surface area contributed by atoms with Crippen molar-refractivity contribution in [1.82, 2.24) is 0 Å². The van der Waals surface area contributed by atoms with Gasteiger partial charge in [-0.1, -0.05) is 0 Å². The molecule has 0 amide bonds. The van der Waals surface area contributed by atoms with E-state index >= 15 is 0 Å². The van der Waals surface area contributed by atoms with E-state index in [1.165, 1.54) is 21.3 Å². The Kier molecular flexibility index (Phi) is 5.84. The number of hydrogen-bond donors (Lipinski definition) is 0. The van der Waals surface area contributed by atoms with E-state index in [0.29, 0.717) is 13.0 Å². The van der Waals surface area contributed by atoms with Crippen molar-refractivity contribution in [2.45, 2.75) is 32.0 Å². The van der Waals surface area contributed by atoms with Gasteiger partial charge in [0, 0.05) is 27.8 Å². The summed E-state index contributed by atoms with van der Waals surface area (Å²) in [5.74, 6) is -0.634. The molecule has 3 atom stereocenters. The second-order valence-electron chi connectivity index (χ2n) is 3.71. The third-order valence-electron chi connectivity index (χ3n) is 2.75. The zero-order valence-corrected chi connectivity index (χ0v) is 10.7. The number of hydrogen-bond acceptors (Lipinski definition) is 6. The largest absolute Gasteiger partial charge is 0.464 e. The van der Waals surface area contributed by atoms with Crippen molar-refractivity contribution in [3.8, 4) is 0 Å². The van der Waals surface area contributed by atoms with Gasteiger partial charge in [0.15, 0.2) is 18.7 Å². The second-order valence-corrected chi connectivity index (χ2v) is 3.71. The first-order valence-electron chi connectivity index (χ1n) is 5.58. The van der Waals surface area contributed by atoms with Crippen LogP contribution < -0.4 is 0 Å². The molecule has 0 spiro atoms. The Morgan fingerprint density at radius 2 is 2.00 bits per heavy atom. The summed E-state index contributed by atoms with van der Waals surface area (Å²) < 4.78 is 25.9. The number of carbonyl (C=O) groups excluding carboxylic acids is 1. The number of methoxy groups -OCH3 is 3. The molecule has 6 heteroatoms. The fourth-order valence-corrected chi connectivity index (χ4v) is 1.97. The molecule has 1 saturated heterocycles. The van der Waals surface area contributed by atoms with E-state index < -0.39 is 24.7 Å². The van der Waals surface area contributed by atoms with Gasteiger partial charge in [0.1, 0.15) is 0 Å². The van der Waals surface area contributed by atoms with E-state index in [1.807, 2.05) is 0 Å². The Hall–Kier alpha value is -0.690. The minimum atomic E-state index is -0.704. The van der Waals surface area contributed by atoms with Gasteiger partial charge in [-0.15, -0.1) is 0 Å². The minimum Gasteiger partial charge on any atom is -0.464 e. The van der Waals surface area contributed by atoms with Crippen LogP contribution in [0.15, 0.2) is 0 Å². The topological polar surface area (TPSA) is 63.2 Å². The van der Waals surface area contributed by atoms with E-state index in [0.717, 1.165) is 0 Å². The quantitative estimate of drug-likeness (QED) is 0.505. The van der Waals surface area contributed by atoms with Crippen LogP contribution in [0.25, 0.3) is 0 Å². The summed E-state index contributed by atoms with van der Waals surface area (Å²) in [6.45, 7) is 2.06. The van der Waals surface area contributed by atoms with Crippen molar-refractivity contribution in [3.63, 3.8) is 0 Å². The van der Waals surface area contributed by atoms with Gasteiger partial charge in [-0.2, -0.15) is 0 Å². The van der Waals surface area contributed by atoms with Gasteiger partial charge in [0.2, 0.25) is 0 Å². The fraction of sp³-hybridized carbons (Fsp3) is 0.909. The van der Waals surface area contributed by atoms with Crippen molar-refractivity contribution in [2.75, 3.05) is 27.9 Å². The van der Waals surface area contributed by atoms with E-state index in [4.69, 9.17) is 23.7 Å². The molecule has 6 nitrogen and oxygen atoms in total. The van der Waals surface area contributed by atoms with Crippen molar-refractivity contribution < 1.29 is 28.5 Å². The molecular weight excluding hydrogens is 228 g/mol. The van der Waals surface area contributed by atoms with Gasteiger partial charge in [0.05, 0.1) is 12.5 Å². The molecule has 0 radical (unpaired) electrons. The van der Waals surface area contributed by atoms with Crippen LogP contribution in [0.4, 0.5) is 0 Å². The summed E-state index contributed by atoms with van der Waals surface area (Å²) in [6.07, 6.45) is -1.11. The standard InChI is InChI=1S/C11H20O6/c1-5-16-10(12)9-7(11(14-3)15-4)6-8(13-2)17-9/h7-9,11H,5-6H2,1-4H3/t7-,8?,9+/m0/s1. The molecule has 1 unspecified atom stereocenters. The van der Waals surface area contributed by atoms with Gasteiger partial charge < -0.3 is 23.7 Å². The third-order valence-corrected chi connectivity index (χ3v) is 2.75. The number of esters is 1. The SMILES string of the molecule is CCOC(=O)[C@@H]1OC(OC)C[C@@H]1C(OC)OC. The molecule has 1 rings (SSSR count). The molecule has 1 aliphatic heterocycles. The van der Waals surface area contributed by atoms with Crippen LogP contribution in [0.1, 0.15) is 13.3 Å². The summed E-state index contributed by atoms with van der Waals surface area (Å²) in [6, 6.07) is 0. The number of rotatable bonds is 6. The summed E-state index contributed by atoms with van der Waals surface area (Å²) in [4.78, 5) is 11.7. The van der Waals surface area contributed by atoms with Crippen molar-refractivity contribution in [2.24, 2.45) is 5.92 Å². The molecule has 17 heavy (non-hydrogen) atoms. The van der Waals surface area contributed by atoms with Crippen LogP contribution in [-0.2, 0) is 28.5 Å². The maximum Gasteiger partial charge on any atom is 0.335 e. The van der Waals surface area contributed by atoms with Gasteiger partial charge in [0.25, 0.3) is 0 Å². The number of ether oxygens (including phenoxy) is 5. The molecule has 1 heterocycles. The Labute approximate surface area is 101 Å². The first kappa shape index (κ1) is 14.4. The molecule has 0 aromatic carbocycles. The Balaban J connectivity index is 2.72.